The summed E-state index contributed by atoms with van der Waals surface area (Å²) in [6.45, 7) is 7.68. The van der Waals surface area contributed by atoms with Gasteiger partial charge in [0.1, 0.15) is 11.9 Å². The van der Waals surface area contributed by atoms with Crippen LogP contribution in [0.1, 0.15) is 49.9 Å². The van der Waals surface area contributed by atoms with E-state index in [9.17, 15) is 4.79 Å². The summed E-state index contributed by atoms with van der Waals surface area (Å²) in [7, 11) is 1.59. The highest BCUT2D eigenvalue weighted by molar-refractivity contribution is 5.20. The summed E-state index contributed by atoms with van der Waals surface area (Å²) in [6.07, 6.45) is -0.183. The Morgan fingerprint density at radius 2 is 1.93 bits per heavy atom. The van der Waals surface area contributed by atoms with Gasteiger partial charge in [0.25, 0.3) is 5.56 Å². The Labute approximate surface area is 89.7 Å². The van der Waals surface area contributed by atoms with Crippen molar-refractivity contribution in [2.45, 2.75) is 39.7 Å². The van der Waals surface area contributed by atoms with Gasteiger partial charge in [0.2, 0.25) is 0 Å². The van der Waals surface area contributed by atoms with Crippen LogP contribution in [0.2, 0.25) is 0 Å². The predicted octanol–water partition coefficient (Wildman–Crippen LogP) is 1.91. The normalized spacial score (nSPS) is 13.2. The Morgan fingerprint density at radius 3 is 2.33 bits per heavy atom. The molecule has 1 heterocycles. The number of rotatable bonds is 3. The molecule has 0 aliphatic rings. The first-order valence-corrected chi connectivity index (χ1v) is 5.10. The molecule has 1 N–H and O–H groups in total. The third-order valence-corrected chi connectivity index (χ3v) is 2.48. The van der Waals surface area contributed by atoms with E-state index in [2.05, 4.69) is 9.97 Å². The standard InChI is InChI=1S/C11H18N2O2/c1-6(2)9-7(3)12-10(8(4)15-5)13-11(9)14/h6,8H,1-5H3,(H,12,13,14). The molecule has 4 nitrogen and oxygen atoms in total. The molecule has 4 heteroatoms. The molecule has 1 aromatic heterocycles. The lowest BCUT2D eigenvalue weighted by atomic mass is 10.0. The summed E-state index contributed by atoms with van der Waals surface area (Å²) < 4.78 is 5.11. The number of aromatic amines is 1. The predicted molar refractivity (Wildman–Crippen MR) is 59.1 cm³/mol. The fourth-order valence-electron chi connectivity index (χ4n) is 1.60. The van der Waals surface area contributed by atoms with Crippen LogP contribution in [0.3, 0.4) is 0 Å². The van der Waals surface area contributed by atoms with Crippen molar-refractivity contribution in [1.82, 2.24) is 9.97 Å². The van der Waals surface area contributed by atoms with Crippen molar-refractivity contribution in [3.63, 3.8) is 0 Å². The summed E-state index contributed by atoms with van der Waals surface area (Å²) in [5.41, 5.74) is 1.48. The molecule has 0 spiro atoms. The zero-order chi connectivity index (χ0) is 11.6. The molecule has 1 atom stereocenters. The van der Waals surface area contributed by atoms with E-state index >= 15 is 0 Å². The molecular formula is C11H18N2O2. The van der Waals surface area contributed by atoms with Crippen LogP contribution in [0.25, 0.3) is 0 Å². The number of H-pyrrole nitrogens is 1. The largest absolute Gasteiger partial charge is 0.374 e. The molecule has 84 valence electrons. The summed E-state index contributed by atoms with van der Waals surface area (Å²) >= 11 is 0. The second-order valence-corrected chi connectivity index (χ2v) is 3.98. The average Bonchev–Trinajstić information content (AvgIpc) is 2.14. The highest BCUT2D eigenvalue weighted by atomic mass is 16.5. The van der Waals surface area contributed by atoms with Crippen LogP contribution in [0.5, 0.6) is 0 Å². The molecule has 1 unspecified atom stereocenters. The van der Waals surface area contributed by atoms with E-state index in [1.807, 2.05) is 27.7 Å². The highest BCUT2D eigenvalue weighted by Crippen LogP contribution is 2.15. The minimum atomic E-state index is -0.183. The Kier molecular flexibility index (Phi) is 3.63. The molecule has 0 radical (unpaired) electrons. The van der Waals surface area contributed by atoms with Crippen molar-refractivity contribution in [3.05, 3.63) is 27.4 Å². The number of ether oxygens (including phenoxy) is 1. The maximum Gasteiger partial charge on any atom is 0.254 e. The third kappa shape index (κ3) is 2.45. The summed E-state index contributed by atoms with van der Waals surface area (Å²) in [6, 6.07) is 0. The molecule has 15 heavy (non-hydrogen) atoms. The van der Waals surface area contributed by atoms with Crippen molar-refractivity contribution >= 4 is 0 Å². The Bertz CT molecular complexity index is 396. The molecule has 0 saturated heterocycles. The van der Waals surface area contributed by atoms with Crippen molar-refractivity contribution in [2.24, 2.45) is 0 Å². The zero-order valence-corrected chi connectivity index (χ0v) is 9.92. The van der Waals surface area contributed by atoms with E-state index in [1.54, 1.807) is 7.11 Å². The Morgan fingerprint density at radius 1 is 1.33 bits per heavy atom. The van der Waals surface area contributed by atoms with Gasteiger partial charge in [-0.25, -0.2) is 4.98 Å². The molecular weight excluding hydrogens is 192 g/mol. The topological polar surface area (TPSA) is 55.0 Å². The number of methoxy groups -OCH3 is 1. The van der Waals surface area contributed by atoms with Crippen molar-refractivity contribution < 1.29 is 4.74 Å². The lowest BCUT2D eigenvalue weighted by molar-refractivity contribution is 0.111. The van der Waals surface area contributed by atoms with Gasteiger partial charge in [0, 0.05) is 18.4 Å². The van der Waals surface area contributed by atoms with Crippen molar-refractivity contribution in [1.29, 1.82) is 0 Å². The second-order valence-electron chi connectivity index (χ2n) is 3.98. The lowest BCUT2D eigenvalue weighted by Crippen LogP contribution is -2.21. The zero-order valence-electron chi connectivity index (χ0n) is 9.92. The molecule has 0 aromatic carbocycles. The molecule has 0 bridgehead atoms. The Hall–Kier alpha value is -1.16. The quantitative estimate of drug-likeness (QED) is 0.829. The fourth-order valence-corrected chi connectivity index (χ4v) is 1.60. The first kappa shape index (κ1) is 11.9. The van der Waals surface area contributed by atoms with Crippen LogP contribution in [0.4, 0.5) is 0 Å². The SMILES string of the molecule is COC(C)c1nc(C)c(C(C)C)c(=O)[nH]1. The van der Waals surface area contributed by atoms with Gasteiger partial charge in [-0.3, -0.25) is 4.79 Å². The third-order valence-electron chi connectivity index (χ3n) is 2.48. The highest BCUT2D eigenvalue weighted by Gasteiger charge is 2.14. The maximum absolute atomic E-state index is 11.8. The van der Waals surface area contributed by atoms with Gasteiger partial charge in [-0.1, -0.05) is 13.8 Å². The molecule has 0 amide bonds. The van der Waals surface area contributed by atoms with Crippen molar-refractivity contribution in [3.8, 4) is 0 Å². The number of nitrogens with zero attached hydrogens (tertiary/aromatic N) is 1. The molecule has 0 fully saturated rings. The smallest absolute Gasteiger partial charge is 0.254 e. The number of nitrogens with one attached hydrogen (secondary N) is 1. The lowest BCUT2D eigenvalue weighted by Gasteiger charge is -2.12. The number of aromatic nitrogens is 2. The first-order valence-electron chi connectivity index (χ1n) is 5.10. The molecule has 0 aliphatic heterocycles. The summed E-state index contributed by atoms with van der Waals surface area (Å²) in [5.74, 6) is 0.776. The van der Waals surface area contributed by atoms with Crippen LogP contribution in [-0.2, 0) is 4.74 Å². The van der Waals surface area contributed by atoms with E-state index in [0.717, 1.165) is 11.3 Å². The van der Waals surface area contributed by atoms with Crippen LogP contribution < -0.4 is 5.56 Å². The summed E-state index contributed by atoms with van der Waals surface area (Å²) in [4.78, 5) is 18.9. The molecule has 0 saturated carbocycles. The van der Waals surface area contributed by atoms with E-state index in [4.69, 9.17) is 4.74 Å². The van der Waals surface area contributed by atoms with Crippen LogP contribution in [0, 0.1) is 6.92 Å². The molecule has 1 aromatic rings. The molecule has 0 aliphatic carbocycles. The van der Waals surface area contributed by atoms with Gasteiger partial charge in [0.05, 0.1) is 0 Å². The van der Waals surface area contributed by atoms with Crippen LogP contribution in [-0.4, -0.2) is 17.1 Å². The van der Waals surface area contributed by atoms with Gasteiger partial charge in [-0.05, 0) is 19.8 Å². The number of hydrogen-bond donors (Lipinski definition) is 1. The second kappa shape index (κ2) is 4.57. The van der Waals surface area contributed by atoms with Gasteiger partial charge in [-0.15, -0.1) is 0 Å². The Balaban J connectivity index is 3.26. The van der Waals surface area contributed by atoms with Gasteiger partial charge in [-0.2, -0.15) is 0 Å². The van der Waals surface area contributed by atoms with E-state index in [0.29, 0.717) is 5.82 Å². The number of aryl methyl sites for hydroxylation is 1. The average molecular weight is 210 g/mol. The van der Waals surface area contributed by atoms with Crippen molar-refractivity contribution in [2.75, 3.05) is 7.11 Å². The maximum atomic E-state index is 11.8. The monoisotopic (exact) mass is 210 g/mol. The van der Waals surface area contributed by atoms with Crippen LogP contribution in [0.15, 0.2) is 4.79 Å². The first-order chi connectivity index (χ1) is 6.97. The van der Waals surface area contributed by atoms with Crippen LogP contribution >= 0.6 is 0 Å². The van der Waals surface area contributed by atoms with E-state index in [1.165, 1.54) is 0 Å². The van der Waals surface area contributed by atoms with Gasteiger partial charge < -0.3 is 9.72 Å². The molecule has 1 rings (SSSR count). The minimum absolute atomic E-state index is 0.0589. The number of hydrogen-bond acceptors (Lipinski definition) is 3. The van der Waals surface area contributed by atoms with E-state index < -0.39 is 0 Å². The fraction of sp³-hybridized carbons (Fsp3) is 0.636. The van der Waals surface area contributed by atoms with Gasteiger partial charge in [0.15, 0.2) is 0 Å². The van der Waals surface area contributed by atoms with E-state index in [-0.39, 0.29) is 17.6 Å². The minimum Gasteiger partial charge on any atom is -0.374 e. The summed E-state index contributed by atoms with van der Waals surface area (Å²) in [5, 5.41) is 0. The van der Waals surface area contributed by atoms with Gasteiger partial charge >= 0.3 is 0 Å².